The second-order valence-electron chi connectivity index (χ2n) is 3.64. The highest BCUT2D eigenvalue weighted by Crippen LogP contribution is 2.30. The van der Waals surface area contributed by atoms with Gasteiger partial charge in [0.15, 0.2) is 0 Å². The predicted molar refractivity (Wildman–Crippen MR) is 70.0 cm³/mol. The number of amides is 2. The SMILES string of the molecule is CC(C)NC(=O)CNC(=O)c1cc(Cl)sc1Cl. The van der Waals surface area contributed by atoms with Gasteiger partial charge in [0.25, 0.3) is 5.91 Å². The van der Waals surface area contributed by atoms with Crippen LogP contribution in [0.15, 0.2) is 6.07 Å². The molecule has 0 unspecified atom stereocenters. The van der Waals surface area contributed by atoms with Crippen LogP contribution in [0, 0.1) is 0 Å². The molecule has 2 amide bonds. The quantitative estimate of drug-likeness (QED) is 0.895. The summed E-state index contributed by atoms with van der Waals surface area (Å²) >= 11 is 12.6. The van der Waals surface area contributed by atoms with Crippen LogP contribution in [0.4, 0.5) is 0 Å². The molecule has 0 aromatic carbocycles. The first kappa shape index (κ1) is 14.3. The molecule has 1 aromatic heterocycles. The van der Waals surface area contributed by atoms with Gasteiger partial charge < -0.3 is 10.6 Å². The highest BCUT2D eigenvalue weighted by molar-refractivity contribution is 7.20. The second kappa shape index (κ2) is 6.23. The summed E-state index contributed by atoms with van der Waals surface area (Å²) in [4.78, 5) is 22.9. The summed E-state index contributed by atoms with van der Waals surface area (Å²) in [6, 6.07) is 1.52. The third-order valence-corrected chi connectivity index (χ3v) is 3.25. The lowest BCUT2D eigenvalue weighted by molar-refractivity contribution is -0.120. The lowest BCUT2D eigenvalue weighted by Gasteiger charge is -2.08. The van der Waals surface area contributed by atoms with E-state index in [2.05, 4.69) is 10.6 Å². The highest BCUT2D eigenvalue weighted by atomic mass is 35.5. The van der Waals surface area contributed by atoms with Crippen LogP contribution >= 0.6 is 34.5 Å². The fourth-order valence-electron chi connectivity index (χ4n) is 1.12. The first-order valence-electron chi connectivity index (χ1n) is 4.92. The molecule has 1 rings (SSSR count). The van der Waals surface area contributed by atoms with Crippen LogP contribution in [-0.4, -0.2) is 24.4 Å². The molecular weight excluding hydrogens is 283 g/mol. The van der Waals surface area contributed by atoms with Gasteiger partial charge in [0.1, 0.15) is 4.34 Å². The molecule has 4 nitrogen and oxygen atoms in total. The van der Waals surface area contributed by atoms with Crippen molar-refractivity contribution in [2.24, 2.45) is 0 Å². The largest absolute Gasteiger partial charge is 0.352 e. The van der Waals surface area contributed by atoms with E-state index in [1.54, 1.807) is 0 Å². The molecule has 0 atom stereocenters. The van der Waals surface area contributed by atoms with Crippen LogP contribution in [0.2, 0.25) is 8.67 Å². The van der Waals surface area contributed by atoms with E-state index in [4.69, 9.17) is 23.2 Å². The number of halogens is 2. The number of carbonyl (C=O) groups excluding carboxylic acids is 2. The van der Waals surface area contributed by atoms with Crippen molar-refractivity contribution in [3.63, 3.8) is 0 Å². The van der Waals surface area contributed by atoms with Gasteiger partial charge in [-0.1, -0.05) is 23.2 Å². The zero-order valence-electron chi connectivity index (χ0n) is 9.34. The molecule has 1 aromatic rings. The van der Waals surface area contributed by atoms with E-state index < -0.39 is 5.91 Å². The summed E-state index contributed by atoms with van der Waals surface area (Å²) < 4.78 is 0.753. The normalized spacial score (nSPS) is 10.4. The van der Waals surface area contributed by atoms with Gasteiger partial charge in [0, 0.05) is 6.04 Å². The van der Waals surface area contributed by atoms with Crippen LogP contribution in [0.5, 0.6) is 0 Å². The van der Waals surface area contributed by atoms with Crippen LogP contribution in [-0.2, 0) is 4.79 Å². The van der Waals surface area contributed by atoms with E-state index >= 15 is 0 Å². The Hall–Kier alpha value is -0.780. The van der Waals surface area contributed by atoms with E-state index in [1.807, 2.05) is 13.8 Å². The predicted octanol–water partition coefficient (Wildman–Crippen LogP) is 2.31. The molecule has 0 aliphatic heterocycles. The van der Waals surface area contributed by atoms with Crippen LogP contribution in [0.25, 0.3) is 0 Å². The molecule has 1 heterocycles. The maximum absolute atomic E-state index is 11.6. The zero-order chi connectivity index (χ0) is 13.0. The fourth-order valence-corrected chi connectivity index (χ4v) is 2.58. The smallest absolute Gasteiger partial charge is 0.254 e. The van der Waals surface area contributed by atoms with Gasteiger partial charge in [0.2, 0.25) is 5.91 Å². The average molecular weight is 295 g/mol. The topological polar surface area (TPSA) is 58.2 Å². The minimum absolute atomic E-state index is 0.0404. The summed E-state index contributed by atoms with van der Waals surface area (Å²) in [6.45, 7) is 3.60. The Morgan fingerprint density at radius 2 is 2.06 bits per heavy atom. The number of hydrogen-bond donors (Lipinski definition) is 2. The molecule has 0 saturated carbocycles. The number of hydrogen-bond acceptors (Lipinski definition) is 3. The van der Waals surface area contributed by atoms with Crippen molar-refractivity contribution in [1.29, 1.82) is 0 Å². The number of thiophene rings is 1. The summed E-state index contributed by atoms with van der Waals surface area (Å²) in [5, 5.41) is 5.13. The lowest BCUT2D eigenvalue weighted by atomic mass is 10.3. The van der Waals surface area contributed by atoms with Gasteiger partial charge >= 0.3 is 0 Å². The van der Waals surface area contributed by atoms with E-state index in [9.17, 15) is 9.59 Å². The maximum Gasteiger partial charge on any atom is 0.254 e. The molecule has 0 bridgehead atoms. The van der Waals surface area contributed by atoms with Gasteiger partial charge in [-0.25, -0.2) is 0 Å². The third kappa shape index (κ3) is 4.53. The van der Waals surface area contributed by atoms with Crippen molar-refractivity contribution in [1.82, 2.24) is 10.6 Å². The van der Waals surface area contributed by atoms with Gasteiger partial charge in [-0.15, -0.1) is 11.3 Å². The summed E-state index contributed by atoms with van der Waals surface area (Å²) in [5.74, 6) is -0.650. The van der Waals surface area contributed by atoms with E-state index in [0.717, 1.165) is 11.3 Å². The Balaban J connectivity index is 2.50. The average Bonchev–Trinajstić information content (AvgIpc) is 2.53. The first-order chi connectivity index (χ1) is 7.90. The number of carbonyl (C=O) groups is 2. The Morgan fingerprint density at radius 3 is 2.53 bits per heavy atom. The van der Waals surface area contributed by atoms with Gasteiger partial charge in [-0.05, 0) is 19.9 Å². The molecule has 0 aliphatic carbocycles. The molecule has 0 saturated heterocycles. The molecule has 0 radical (unpaired) electrons. The third-order valence-electron chi connectivity index (χ3n) is 1.76. The zero-order valence-corrected chi connectivity index (χ0v) is 11.7. The summed E-state index contributed by atoms with van der Waals surface area (Å²) in [5.41, 5.74) is 0.291. The first-order valence-corrected chi connectivity index (χ1v) is 6.49. The summed E-state index contributed by atoms with van der Waals surface area (Å²) in [6.07, 6.45) is 0. The van der Waals surface area contributed by atoms with Gasteiger partial charge in [0.05, 0.1) is 16.4 Å². The highest BCUT2D eigenvalue weighted by Gasteiger charge is 2.14. The number of rotatable bonds is 4. The van der Waals surface area contributed by atoms with E-state index in [0.29, 0.717) is 14.2 Å². The van der Waals surface area contributed by atoms with Crippen molar-refractivity contribution in [3.05, 3.63) is 20.3 Å². The summed E-state index contributed by atoms with van der Waals surface area (Å²) in [7, 11) is 0. The molecule has 0 aliphatic rings. The Morgan fingerprint density at radius 1 is 1.41 bits per heavy atom. The monoisotopic (exact) mass is 294 g/mol. The minimum atomic E-state index is -0.406. The van der Waals surface area contributed by atoms with Crippen molar-refractivity contribution in [2.75, 3.05) is 6.54 Å². The van der Waals surface area contributed by atoms with Crippen LogP contribution < -0.4 is 10.6 Å². The van der Waals surface area contributed by atoms with Crippen molar-refractivity contribution >= 4 is 46.4 Å². The minimum Gasteiger partial charge on any atom is -0.352 e. The Kier molecular flexibility index (Phi) is 5.24. The fraction of sp³-hybridized carbons (Fsp3) is 0.400. The molecule has 0 fully saturated rings. The molecule has 94 valence electrons. The van der Waals surface area contributed by atoms with Crippen LogP contribution in [0.3, 0.4) is 0 Å². The van der Waals surface area contributed by atoms with Crippen molar-refractivity contribution in [3.8, 4) is 0 Å². The molecular formula is C10H12Cl2N2O2S. The Bertz CT molecular complexity index is 432. The van der Waals surface area contributed by atoms with E-state index in [-0.39, 0.29) is 18.5 Å². The van der Waals surface area contributed by atoms with Gasteiger partial charge in [-0.3, -0.25) is 9.59 Å². The van der Waals surface area contributed by atoms with Crippen molar-refractivity contribution in [2.45, 2.75) is 19.9 Å². The second-order valence-corrected chi connectivity index (χ2v) is 5.93. The lowest BCUT2D eigenvalue weighted by Crippen LogP contribution is -2.39. The standard InChI is InChI=1S/C10H12Cl2N2O2S/c1-5(2)14-8(15)4-13-10(16)6-3-7(11)17-9(6)12/h3,5H,4H2,1-2H3,(H,13,16)(H,14,15). The number of nitrogens with one attached hydrogen (secondary N) is 2. The van der Waals surface area contributed by atoms with E-state index in [1.165, 1.54) is 6.07 Å². The van der Waals surface area contributed by atoms with Gasteiger partial charge in [-0.2, -0.15) is 0 Å². The molecule has 2 N–H and O–H groups in total. The molecule has 17 heavy (non-hydrogen) atoms. The Labute approximate surface area is 113 Å². The molecule has 0 spiro atoms. The molecule has 7 heteroatoms. The van der Waals surface area contributed by atoms with Crippen molar-refractivity contribution < 1.29 is 9.59 Å². The maximum atomic E-state index is 11.6. The van der Waals surface area contributed by atoms with Crippen LogP contribution in [0.1, 0.15) is 24.2 Å².